The first-order valence-corrected chi connectivity index (χ1v) is 5.89. The lowest BCUT2D eigenvalue weighted by Crippen LogP contribution is -2.11. The Morgan fingerprint density at radius 3 is 2.68 bits per heavy atom. The lowest BCUT2D eigenvalue weighted by molar-refractivity contribution is 0.187. The van der Waals surface area contributed by atoms with Crippen molar-refractivity contribution in [3.63, 3.8) is 0 Å². The van der Waals surface area contributed by atoms with Gasteiger partial charge in [0.05, 0.1) is 29.7 Å². The average molecular weight is 278 g/mol. The van der Waals surface area contributed by atoms with Crippen LogP contribution in [0.1, 0.15) is 0 Å². The summed E-state index contributed by atoms with van der Waals surface area (Å²) in [5, 5.41) is 6.22. The highest BCUT2D eigenvalue weighted by Crippen LogP contribution is 2.24. The Labute approximate surface area is 115 Å². The highest BCUT2D eigenvalue weighted by molar-refractivity contribution is 6.33. The number of halogens is 1. The molecule has 1 aromatic carbocycles. The molecular formula is C13H12ClN3O2. The van der Waals surface area contributed by atoms with E-state index in [1.807, 2.05) is 18.2 Å². The molecule has 0 saturated carbocycles. The molecule has 1 heterocycles. The number of nitrogens with zero attached hydrogens (tertiary/aromatic N) is 1. The van der Waals surface area contributed by atoms with Crippen molar-refractivity contribution in [3.8, 4) is 0 Å². The Hall–Kier alpha value is -2.27. The second-order valence-corrected chi connectivity index (χ2v) is 4.06. The van der Waals surface area contributed by atoms with Gasteiger partial charge in [0.2, 0.25) is 0 Å². The molecule has 1 aromatic heterocycles. The number of ether oxygens (including phenoxy) is 1. The van der Waals surface area contributed by atoms with Gasteiger partial charge in [-0.05, 0) is 24.3 Å². The van der Waals surface area contributed by atoms with E-state index in [1.54, 1.807) is 24.4 Å². The molecule has 2 rings (SSSR count). The Balaban J connectivity index is 2.07. The number of hydrogen-bond acceptors (Lipinski definition) is 4. The molecule has 2 N–H and O–H groups in total. The standard InChI is InChI=1S/C13H12ClN3O2/c1-19-13(18)17-12-7-6-9(8-15-12)16-11-5-3-2-4-10(11)14/h2-8,16H,1H3,(H,15,17,18). The van der Waals surface area contributed by atoms with E-state index in [0.717, 1.165) is 11.4 Å². The third-order valence-corrected chi connectivity index (χ3v) is 2.66. The molecule has 0 aliphatic carbocycles. The van der Waals surface area contributed by atoms with Crippen LogP contribution in [0.5, 0.6) is 0 Å². The van der Waals surface area contributed by atoms with Crippen molar-refractivity contribution in [1.82, 2.24) is 4.98 Å². The number of pyridine rings is 1. The first-order chi connectivity index (χ1) is 9.19. The average Bonchev–Trinajstić information content (AvgIpc) is 2.43. The Morgan fingerprint density at radius 1 is 1.26 bits per heavy atom. The minimum atomic E-state index is -0.556. The zero-order chi connectivity index (χ0) is 13.7. The number of amides is 1. The molecule has 0 saturated heterocycles. The van der Waals surface area contributed by atoms with Crippen molar-refractivity contribution < 1.29 is 9.53 Å². The van der Waals surface area contributed by atoms with E-state index < -0.39 is 6.09 Å². The van der Waals surface area contributed by atoms with E-state index in [1.165, 1.54) is 7.11 Å². The summed E-state index contributed by atoms with van der Waals surface area (Å²) >= 11 is 6.04. The number of carbonyl (C=O) groups is 1. The molecule has 0 aliphatic rings. The smallest absolute Gasteiger partial charge is 0.412 e. The van der Waals surface area contributed by atoms with Crippen LogP contribution in [0.2, 0.25) is 5.02 Å². The maximum Gasteiger partial charge on any atom is 0.412 e. The molecule has 1 amide bonds. The summed E-state index contributed by atoms with van der Waals surface area (Å²) in [6.45, 7) is 0. The van der Waals surface area contributed by atoms with Crippen molar-refractivity contribution in [2.75, 3.05) is 17.7 Å². The zero-order valence-corrected chi connectivity index (χ0v) is 10.9. The fraction of sp³-hybridized carbons (Fsp3) is 0.0769. The van der Waals surface area contributed by atoms with Gasteiger partial charge in [0.15, 0.2) is 0 Å². The fourth-order valence-corrected chi connectivity index (χ4v) is 1.60. The summed E-state index contributed by atoms with van der Waals surface area (Å²) in [5.74, 6) is 0.413. The van der Waals surface area contributed by atoms with Gasteiger partial charge in [-0.2, -0.15) is 0 Å². The van der Waals surface area contributed by atoms with E-state index in [9.17, 15) is 4.79 Å². The van der Waals surface area contributed by atoms with Crippen LogP contribution >= 0.6 is 11.6 Å². The van der Waals surface area contributed by atoms with Crippen LogP contribution in [0, 0.1) is 0 Å². The van der Waals surface area contributed by atoms with Gasteiger partial charge < -0.3 is 10.1 Å². The molecule has 6 heteroatoms. The number of methoxy groups -OCH3 is 1. The summed E-state index contributed by atoms with van der Waals surface area (Å²) < 4.78 is 4.47. The van der Waals surface area contributed by atoms with Gasteiger partial charge in [0.1, 0.15) is 5.82 Å². The first kappa shape index (κ1) is 13.2. The second-order valence-electron chi connectivity index (χ2n) is 3.65. The van der Waals surface area contributed by atoms with Crippen molar-refractivity contribution in [2.45, 2.75) is 0 Å². The number of hydrogen-bond donors (Lipinski definition) is 2. The third kappa shape index (κ3) is 3.59. The lowest BCUT2D eigenvalue weighted by Gasteiger charge is -2.08. The van der Waals surface area contributed by atoms with E-state index in [2.05, 4.69) is 20.4 Å². The number of aromatic nitrogens is 1. The second kappa shape index (κ2) is 6.06. The molecule has 0 atom stereocenters. The summed E-state index contributed by atoms with van der Waals surface area (Å²) in [4.78, 5) is 15.1. The van der Waals surface area contributed by atoms with Gasteiger partial charge in [0.25, 0.3) is 0 Å². The predicted molar refractivity (Wildman–Crippen MR) is 75.0 cm³/mol. The zero-order valence-electron chi connectivity index (χ0n) is 10.2. The van der Waals surface area contributed by atoms with Gasteiger partial charge in [-0.15, -0.1) is 0 Å². The first-order valence-electron chi connectivity index (χ1n) is 5.51. The molecule has 2 aromatic rings. The number of nitrogens with one attached hydrogen (secondary N) is 2. The number of anilines is 3. The van der Waals surface area contributed by atoms with Crippen LogP contribution in [0.4, 0.5) is 22.0 Å². The Bertz CT molecular complexity index is 572. The predicted octanol–water partition coefficient (Wildman–Crippen LogP) is 3.66. The van der Waals surface area contributed by atoms with Crippen LogP contribution in [-0.4, -0.2) is 18.2 Å². The monoisotopic (exact) mass is 277 g/mol. The van der Waals surface area contributed by atoms with Crippen molar-refractivity contribution >= 4 is 34.9 Å². The van der Waals surface area contributed by atoms with E-state index in [0.29, 0.717) is 10.8 Å². The minimum absolute atomic E-state index is 0.413. The van der Waals surface area contributed by atoms with E-state index in [4.69, 9.17) is 11.6 Å². The van der Waals surface area contributed by atoms with E-state index in [-0.39, 0.29) is 0 Å². The largest absolute Gasteiger partial charge is 0.453 e. The number of benzene rings is 1. The molecule has 19 heavy (non-hydrogen) atoms. The van der Waals surface area contributed by atoms with E-state index >= 15 is 0 Å². The maximum atomic E-state index is 11.0. The number of carbonyl (C=O) groups excluding carboxylic acids is 1. The van der Waals surface area contributed by atoms with Crippen LogP contribution < -0.4 is 10.6 Å². The van der Waals surface area contributed by atoms with Crippen LogP contribution in [0.3, 0.4) is 0 Å². The topological polar surface area (TPSA) is 63.2 Å². The van der Waals surface area contributed by atoms with Gasteiger partial charge in [-0.25, -0.2) is 9.78 Å². The number of para-hydroxylation sites is 1. The van der Waals surface area contributed by atoms with Crippen molar-refractivity contribution in [2.24, 2.45) is 0 Å². The van der Waals surface area contributed by atoms with Crippen molar-refractivity contribution in [1.29, 1.82) is 0 Å². The lowest BCUT2D eigenvalue weighted by atomic mass is 10.3. The summed E-state index contributed by atoms with van der Waals surface area (Å²) in [6, 6.07) is 10.8. The molecule has 0 radical (unpaired) electrons. The molecule has 0 unspecified atom stereocenters. The highest BCUT2D eigenvalue weighted by Gasteiger charge is 2.03. The molecule has 0 aliphatic heterocycles. The van der Waals surface area contributed by atoms with Gasteiger partial charge in [-0.3, -0.25) is 5.32 Å². The number of rotatable bonds is 3. The molecule has 0 fully saturated rings. The molecule has 0 spiro atoms. The van der Waals surface area contributed by atoms with Gasteiger partial charge >= 0.3 is 6.09 Å². The van der Waals surface area contributed by atoms with Crippen LogP contribution in [0.25, 0.3) is 0 Å². The van der Waals surface area contributed by atoms with Gasteiger partial charge in [-0.1, -0.05) is 23.7 Å². The molecule has 0 bridgehead atoms. The summed E-state index contributed by atoms with van der Waals surface area (Å²) in [6.07, 6.45) is 1.04. The van der Waals surface area contributed by atoms with Crippen LogP contribution in [0.15, 0.2) is 42.6 Å². The fourth-order valence-electron chi connectivity index (χ4n) is 1.42. The van der Waals surface area contributed by atoms with Crippen molar-refractivity contribution in [3.05, 3.63) is 47.6 Å². The Morgan fingerprint density at radius 2 is 2.05 bits per heavy atom. The highest BCUT2D eigenvalue weighted by atomic mass is 35.5. The summed E-state index contributed by atoms with van der Waals surface area (Å²) in [5.41, 5.74) is 1.56. The SMILES string of the molecule is COC(=O)Nc1ccc(Nc2ccccc2Cl)cn1. The summed E-state index contributed by atoms with van der Waals surface area (Å²) in [7, 11) is 1.29. The van der Waals surface area contributed by atoms with Gasteiger partial charge in [0, 0.05) is 0 Å². The van der Waals surface area contributed by atoms with Crippen LogP contribution in [-0.2, 0) is 4.74 Å². The normalized spacial score (nSPS) is 9.79. The minimum Gasteiger partial charge on any atom is -0.453 e. The molecular weight excluding hydrogens is 266 g/mol. The Kier molecular flexibility index (Phi) is 4.20. The molecule has 98 valence electrons. The quantitative estimate of drug-likeness (QED) is 0.899. The maximum absolute atomic E-state index is 11.0. The third-order valence-electron chi connectivity index (χ3n) is 2.33. The molecule has 5 nitrogen and oxygen atoms in total.